The van der Waals surface area contributed by atoms with Crippen LogP contribution in [-0.2, 0) is 4.79 Å². The third-order valence-electron chi connectivity index (χ3n) is 5.32. The van der Waals surface area contributed by atoms with Crippen LogP contribution in [0.15, 0.2) is 0 Å². The summed E-state index contributed by atoms with van der Waals surface area (Å²) >= 11 is 0. The SMILES string of the molecule is O=C(NCC1CNCC1O)[C@@]12CCCC[C@H]1CNC2. The van der Waals surface area contributed by atoms with E-state index in [1.807, 2.05) is 0 Å². The van der Waals surface area contributed by atoms with Crippen molar-refractivity contribution in [3.8, 4) is 0 Å². The van der Waals surface area contributed by atoms with Gasteiger partial charge < -0.3 is 21.1 Å². The summed E-state index contributed by atoms with van der Waals surface area (Å²) in [7, 11) is 0. The van der Waals surface area contributed by atoms with E-state index in [2.05, 4.69) is 16.0 Å². The van der Waals surface area contributed by atoms with Crippen LogP contribution in [0.2, 0.25) is 0 Å². The molecule has 0 radical (unpaired) electrons. The number of aliphatic hydroxyl groups is 1. The van der Waals surface area contributed by atoms with Crippen molar-refractivity contribution >= 4 is 5.91 Å². The van der Waals surface area contributed by atoms with Gasteiger partial charge in [-0.15, -0.1) is 0 Å². The van der Waals surface area contributed by atoms with Gasteiger partial charge in [0.2, 0.25) is 5.91 Å². The molecule has 19 heavy (non-hydrogen) atoms. The Morgan fingerprint density at radius 3 is 2.95 bits per heavy atom. The Morgan fingerprint density at radius 2 is 2.16 bits per heavy atom. The highest BCUT2D eigenvalue weighted by atomic mass is 16.3. The Morgan fingerprint density at radius 1 is 1.26 bits per heavy atom. The van der Waals surface area contributed by atoms with Gasteiger partial charge in [-0.05, 0) is 25.3 Å². The number of β-amino-alcohol motifs (C(OH)–C–C–N with tert-alkyl or cyclic N) is 1. The molecule has 1 amide bonds. The molecule has 0 aromatic heterocycles. The number of hydrogen-bond donors (Lipinski definition) is 4. The van der Waals surface area contributed by atoms with Crippen LogP contribution >= 0.6 is 0 Å². The molecule has 0 spiro atoms. The second-order valence-corrected chi connectivity index (χ2v) is 6.43. The largest absolute Gasteiger partial charge is 0.391 e. The van der Waals surface area contributed by atoms with Gasteiger partial charge in [-0.25, -0.2) is 0 Å². The fourth-order valence-corrected chi connectivity index (χ4v) is 4.02. The lowest BCUT2D eigenvalue weighted by Crippen LogP contribution is -2.49. The van der Waals surface area contributed by atoms with E-state index in [1.54, 1.807) is 0 Å². The van der Waals surface area contributed by atoms with Crippen LogP contribution in [0.25, 0.3) is 0 Å². The highest BCUT2D eigenvalue weighted by molar-refractivity contribution is 5.83. The Bertz CT molecular complexity index is 350. The summed E-state index contributed by atoms with van der Waals surface area (Å²) in [4.78, 5) is 12.6. The van der Waals surface area contributed by atoms with E-state index in [9.17, 15) is 9.90 Å². The van der Waals surface area contributed by atoms with Crippen molar-refractivity contribution in [3.05, 3.63) is 0 Å². The van der Waals surface area contributed by atoms with Crippen LogP contribution in [-0.4, -0.2) is 49.8 Å². The summed E-state index contributed by atoms with van der Waals surface area (Å²) in [5.74, 6) is 0.880. The highest BCUT2D eigenvalue weighted by Crippen LogP contribution is 2.43. The molecular weight excluding hydrogens is 242 g/mol. The van der Waals surface area contributed by atoms with Crippen LogP contribution in [0, 0.1) is 17.3 Å². The fourth-order valence-electron chi connectivity index (χ4n) is 4.02. The number of fused-ring (bicyclic) bond motifs is 1. The molecule has 2 unspecified atom stereocenters. The summed E-state index contributed by atoms with van der Waals surface area (Å²) in [6.45, 7) is 3.86. The molecule has 2 aliphatic heterocycles. The third kappa shape index (κ3) is 2.39. The van der Waals surface area contributed by atoms with E-state index in [-0.39, 0.29) is 23.3 Å². The Labute approximate surface area is 114 Å². The minimum absolute atomic E-state index is 0.164. The maximum absolute atomic E-state index is 12.6. The standard InChI is InChI=1S/C14H25N3O2/c18-12-8-15-5-10(12)6-17-13(19)14-4-2-1-3-11(14)7-16-9-14/h10-12,15-16,18H,1-9H2,(H,17,19)/t10?,11-,12?,14+/m0/s1. The molecule has 0 bridgehead atoms. The first kappa shape index (κ1) is 13.3. The average Bonchev–Trinajstić information content (AvgIpc) is 3.02. The zero-order chi connectivity index (χ0) is 13.3. The molecule has 1 aliphatic carbocycles. The number of rotatable bonds is 3. The predicted molar refractivity (Wildman–Crippen MR) is 72.6 cm³/mol. The maximum atomic E-state index is 12.6. The lowest BCUT2D eigenvalue weighted by Gasteiger charge is -2.37. The predicted octanol–water partition coefficient (Wildman–Crippen LogP) is -0.537. The average molecular weight is 267 g/mol. The monoisotopic (exact) mass is 267 g/mol. The van der Waals surface area contributed by atoms with Gasteiger partial charge in [0.25, 0.3) is 0 Å². The van der Waals surface area contributed by atoms with E-state index in [0.29, 0.717) is 19.0 Å². The number of amides is 1. The topological polar surface area (TPSA) is 73.4 Å². The molecule has 1 saturated carbocycles. The van der Waals surface area contributed by atoms with E-state index >= 15 is 0 Å². The minimum Gasteiger partial charge on any atom is -0.391 e. The van der Waals surface area contributed by atoms with Gasteiger partial charge in [0.05, 0.1) is 11.5 Å². The molecule has 108 valence electrons. The molecule has 5 heteroatoms. The first-order valence-electron chi connectivity index (χ1n) is 7.60. The Kier molecular flexibility index (Phi) is 3.78. The number of carbonyl (C=O) groups is 1. The summed E-state index contributed by atoms with van der Waals surface area (Å²) in [6, 6.07) is 0. The molecule has 3 aliphatic rings. The van der Waals surface area contributed by atoms with Gasteiger partial charge in [0.15, 0.2) is 0 Å². The molecule has 0 aromatic rings. The van der Waals surface area contributed by atoms with Crippen molar-refractivity contribution < 1.29 is 9.90 Å². The van der Waals surface area contributed by atoms with Gasteiger partial charge in [0, 0.05) is 32.1 Å². The number of aliphatic hydroxyl groups excluding tert-OH is 1. The molecule has 3 rings (SSSR count). The molecule has 4 N–H and O–H groups in total. The normalized spacial score (nSPS) is 42.1. The Balaban J connectivity index is 1.59. The zero-order valence-corrected chi connectivity index (χ0v) is 11.5. The summed E-state index contributed by atoms with van der Waals surface area (Å²) in [6.07, 6.45) is 4.30. The molecule has 2 heterocycles. The highest BCUT2D eigenvalue weighted by Gasteiger charge is 2.49. The van der Waals surface area contributed by atoms with Gasteiger partial charge >= 0.3 is 0 Å². The second-order valence-electron chi connectivity index (χ2n) is 6.43. The minimum atomic E-state index is -0.318. The van der Waals surface area contributed by atoms with Crippen LogP contribution in [0.3, 0.4) is 0 Å². The lowest BCUT2D eigenvalue weighted by atomic mass is 9.67. The molecule has 0 aromatic carbocycles. The third-order valence-corrected chi connectivity index (χ3v) is 5.32. The van der Waals surface area contributed by atoms with E-state index in [4.69, 9.17) is 0 Å². The molecular formula is C14H25N3O2. The van der Waals surface area contributed by atoms with Crippen LogP contribution < -0.4 is 16.0 Å². The maximum Gasteiger partial charge on any atom is 0.227 e. The summed E-state index contributed by atoms with van der Waals surface area (Å²) in [5.41, 5.74) is -0.171. The molecule has 4 atom stereocenters. The van der Waals surface area contributed by atoms with Crippen molar-refractivity contribution in [1.29, 1.82) is 0 Å². The second kappa shape index (κ2) is 5.38. The van der Waals surface area contributed by atoms with Gasteiger partial charge in [-0.3, -0.25) is 4.79 Å². The Hall–Kier alpha value is -0.650. The van der Waals surface area contributed by atoms with Crippen molar-refractivity contribution in [2.75, 3.05) is 32.7 Å². The zero-order valence-electron chi connectivity index (χ0n) is 11.5. The fraction of sp³-hybridized carbons (Fsp3) is 0.929. The lowest BCUT2D eigenvalue weighted by molar-refractivity contribution is -0.134. The quantitative estimate of drug-likeness (QED) is 0.554. The van der Waals surface area contributed by atoms with Gasteiger partial charge in [-0.1, -0.05) is 12.8 Å². The number of hydrogen-bond acceptors (Lipinski definition) is 4. The van der Waals surface area contributed by atoms with Gasteiger partial charge in [-0.2, -0.15) is 0 Å². The van der Waals surface area contributed by atoms with Gasteiger partial charge in [0.1, 0.15) is 0 Å². The first-order valence-corrected chi connectivity index (χ1v) is 7.60. The van der Waals surface area contributed by atoms with Crippen molar-refractivity contribution in [2.24, 2.45) is 17.3 Å². The number of carbonyl (C=O) groups excluding carboxylic acids is 1. The van der Waals surface area contributed by atoms with Crippen molar-refractivity contribution in [1.82, 2.24) is 16.0 Å². The van der Waals surface area contributed by atoms with E-state index in [0.717, 1.165) is 26.1 Å². The summed E-state index contributed by atoms with van der Waals surface area (Å²) in [5, 5.41) is 19.4. The van der Waals surface area contributed by atoms with Crippen LogP contribution in [0.1, 0.15) is 25.7 Å². The molecule has 5 nitrogen and oxygen atoms in total. The van der Waals surface area contributed by atoms with E-state index in [1.165, 1.54) is 19.3 Å². The van der Waals surface area contributed by atoms with Crippen LogP contribution in [0.5, 0.6) is 0 Å². The smallest absolute Gasteiger partial charge is 0.227 e. The van der Waals surface area contributed by atoms with Crippen molar-refractivity contribution in [3.63, 3.8) is 0 Å². The molecule has 2 saturated heterocycles. The first-order chi connectivity index (χ1) is 9.22. The summed E-state index contributed by atoms with van der Waals surface area (Å²) < 4.78 is 0. The van der Waals surface area contributed by atoms with Crippen LogP contribution in [0.4, 0.5) is 0 Å². The van der Waals surface area contributed by atoms with Crippen molar-refractivity contribution in [2.45, 2.75) is 31.8 Å². The number of nitrogens with one attached hydrogen (secondary N) is 3. The van der Waals surface area contributed by atoms with E-state index < -0.39 is 0 Å². The molecule has 3 fully saturated rings.